The summed E-state index contributed by atoms with van der Waals surface area (Å²) in [5.74, 6) is 0. The van der Waals surface area contributed by atoms with Crippen LogP contribution < -0.4 is 0 Å². The van der Waals surface area contributed by atoms with Crippen LogP contribution in [-0.4, -0.2) is 4.98 Å². The van der Waals surface area contributed by atoms with Crippen molar-refractivity contribution in [3.8, 4) is 39.4 Å². The Balaban J connectivity index is 1.47. The average molecular weight is 439 g/mol. The molecule has 3 heteroatoms. The maximum atomic E-state index is 9.21. The fourth-order valence-electron chi connectivity index (χ4n) is 4.30. The van der Waals surface area contributed by atoms with Crippen LogP contribution in [0.4, 0.5) is 0 Å². The van der Waals surface area contributed by atoms with Gasteiger partial charge in [0.25, 0.3) is 0 Å². The van der Waals surface area contributed by atoms with Crippen LogP contribution in [0.5, 0.6) is 0 Å². The summed E-state index contributed by atoms with van der Waals surface area (Å²) < 4.78 is 2.59. The molecule has 0 saturated carbocycles. The summed E-state index contributed by atoms with van der Waals surface area (Å²) >= 11 is 1.83. The summed E-state index contributed by atoms with van der Waals surface area (Å²) in [5, 5.41) is 11.8. The van der Waals surface area contributed by atoms with E-state index in [0.29, 0.717) is 5.56 Å². The highest BCUT2D eigenvalue weighted by Crippen LogP contribution is 2.38. The first kappa shape index (κ1) is 19.4. The first-order valence-electron chi connectivity index (χ1n) is 10.8. The van der Waals surface area contributed by atoms with Gasteiger partial charge in [0.2, 0.25) is 0 Å². The quantitative estimate of drug-likeness (QED) is 0.278. The van der Waals surface area contributed by atoms with Crippen LogP contribution in [0.15, 0.2) is 109 Å². The SMILES string of the molecule is N#Cc1cncc(-c2cccc(-c3ccc4sc5ccc(-c6ccccc6)cc5c4c3)c2)c1. The molecular formula is C30H18N2S. The van der Waals surface area contributed by atoms with E-state index in [1.807, 2.05) is 17.4 Å². The van der Waals surface area contributed by atoms with E-state index in [1.165, 1.54) is 36.9 Å². The Morgan fingerprint density at radius 3 is 1.85 bits per heavy atom. The third-order valence-corrected chi connectivity index (χ3v) is 7.12. The molecule has 0 unspecified atom stereocenters. The minimum Gasteiger partial charge on any atom is -0.263 e. The lowest BCUT2D eigenvalue weighted by Gasteiger charge is -2.07. The minimum atomic E-state index is 0.568. The molecule has 6 aromatic rings. The standard InChI is InChI=1S/C30H18N2S/c31-17-20-13-26(19-32-18-20)23-8-4-7-22(14-23)25-10-12-30-28(16-25)27-15-24(9-11-29(27)33-30)21-5-2-1-3-6-21/h1-16,18-19H. The molecule has 0 atom stereocenters. The molecule has 0 bridgehead atoms. The highest BCUT2D eigenvalue weighted by molar-refractivity contribution is 7.25. The molecule has 33 heavy (non-hydrogen) atoms. The smallest absolute Gasteiger partial charge is 0.101 e. The molecule has 154 valence electrons. The van der Waals surface area contributed by atoms with E-state index in [4.69, 9.17) is 0 Å². The predicted octanol–water partition coefficient (Wildman–Crippen LogP) is 8.32. The third kappa shape index (κ3) is 3.57. The lowest BCUT2D eigenvalue weighted by molar-refractivity contribution is 1.30. The summed E-state index contributed by atoms with van der Waals surface area (Å²) in [6, 6.07) is 36.5. The lowest BCUT2D eigenvalue weighted by atomic mass is 9.97. The fourth-order valence-corrected chi connectivity index (χ4v) is 5.37. The summed E-state index contributed by atoms with van der Waals surface area (Å²) in [7, 11) is 0. The maximum Gasteiger partial charge on any atom is 0.101 e. The predicted molar refractivity (Wildman–Crippen MR) is 138 cm³/mol. The van der Waals surface area contributed by atoms with Crippen LogP contribution in [0, 0.1) is 11.3 Å². The zero-order valence-electron chi connectivity index (χ0n) is 17.7. The van der Waals surface area contributed by atoms with Gasteiger partial charge < -0.3 is 0 Å². The normalized spacial score (nSPS) is 11.0. The lowest BCUT2D eigenvalue weighted by Crippen LogP contribution is -1.85. The molecule has 6 rings (SSSR count). The van der Waals surface area contributed by atoms with Crippen molar-refractivity contribution < 1.29 is 0 Å². The molecular weight excluding hydrogens is 420 g/mol. The molecule has 2 heterocycles. The highest BCUT2D eigenvalue weighted by atomic mass is 32.1. The molecule has 0 spiro atoms. The minimum absolute atomic E-state index is 0.568. The van der Waals surface area contributed by atoms with Crippen LogP contribution in [0.1, 0.15) is 5.56 Å². The van der Waals surface area contributed by atoms with Gasteiger partial charge in [-0.15, -0.1) is 11.3 Å². The van der Waals surface area contributed by atoms with E-state index in [0.717, 1.165) is 16.7 Å². The van der Waals surface area contributed by atoms with Crippen molar-refractivity contribution in [2.75, 3.05) is 0 Å². The first-order valence-corrected chi connectivity index (χ1v) is 11.6. The number of nitrogens with zero attached hydrogens (tertiary/aromatic N) is 2. The van der Waals surface area contributed by atoms with Crippen molar-refractivity contribution in [3.63, 3.8) is 0 Å². The Hall–Kier alpha value is -4.26. The van der Waals surface area contributed by atoms with Gasteiger partial charge in [0.05, 0.1) is 5.56 Å². The number of nitriles is 1. The Bertz CT molecular complexity index is 1670. The number of pyridine rings is 1. The van der Waals surface area contributed by atoms with E-state index in [1.54, 1.807) is 12.4 Å². The van der Waals surface area contributed by atoms with Crippen molar-refractivity contribution in [2.45, 2.75) is 0 Å². The second kappa shape index (κ2) is 8.02. The molecule has 0 aliphatic rings. The number of thiophene rings is 1. The van der Waals surface area contributed by atoms with Crippen LogP contribution in [0.3, 0.4) is 0 Å². The first-order chi connectivity index (χ1) is 16.3. The van der Waals surface area contributed by atoms with E-state index < -0.39 is 0 Å². The number of benzene rings is 4. The monoisotopic (exact) mass is 438 g/mol. The van der Waals surface area contributed by atoms with Gasteiger partial charge in [-0.25, -0.2) is 0 Å². The highest BCUT2D eigenvalue weighted by Gasteiger charge is 2.10. The number of fused-ring (bicyclic) bond motifs is 3. The second-order valence-corrected chi connectivity index (χ2v) is 9.13. The third-order valence-electron chi connectivity index (χ3n) is 5.97. The molecule has 0 aliphatic carbocycles. The van der Waals surface area contributed by atoms with Gasteiger partial charge in [-0.05, 0) is 64.2 Å². The average Bonchev–Trinajstić information content (AvgIpc) is 3.26. The molecule has 4 aromatic carbocycles. The summed E-state index contributed by atoms with van der Waals surface area (Å²) in [5.41, 5.74) is 7.37. The molecule has 2 aromatic heterocycles. The van der Waals surface area contributed by atoms with Gasteiger partial charge in [0.15, 0.2) is 0 Å². The van der Waals surface area contributed by atoms with Gasteiger partial charge in [-0.2, -0.15) is 5.26 Å². The Morgan fingerprint density at radius 1 is 0.545 bits per heavy atom. The topological polar surface area (TPSA) is 36.7 Å². The van der Waals surface area contributed by atoms with Gasteiger partial charge in [-0.3, -0.25) is 4.98 Å². The van der Waals surface area contributed by atoms with E-state index in [-0.39, 0.29) is 0 Å². The van der Waals surface area contributed by atoms with Gasteiger partial charge in [-0.1, -0.05) is 60.7 Å². The van der Waals surface area contributed by atoms with Gasteiger partial charge >= 0.3 is 0 Å². The van der Waals surface area contributed by atoms with Crippen molar-refractivity contribution in [1.29, 1.82) is 5.26 Å². The number of hydrogen-bond acceptors (Lipinski definition) is 3. The van der Waals surface area contributed by atoms with Gasteiger partial charge in [0.1, 0.15) is 6.07 Å². The molecule has 2 nitrogen and oxygen atoms in total. The number of aromatic nitrogens is 1. The Labute approximate surface area is 196 Å². The molecule has 0 fully saturated rings. The Kier molecular flexibility index (Phi) is 4.72. The zero-order chi connectivity index (χ0) is 22.2. The van der Waals surface area contributed by atoms with Crippen molar-refractivity contribution >= 4 is 31.5 Å². The maximum absolute atomic E-state index is 9.21. The number of hydrogen-bond donors (Lipinski definition) is 0. The molecule has 0 amide bonds. The zero-order valence-corrected chi connectivity index (χ0v) is 18.5. The van der Waals surface area contributed by atoms with Crippen molar-refractivity contribution in [3.05, 3.63) is 115 Å². The van der Waals surface area contributed by atoms with Crippen molar-refractivity contribution in [2.24, 2.45) is 0 Å². The van der Waals surface area contributed by atoms with E-state index in [9.17, 15) is 5.26 Å². The molecule has 0 aliphatic heterocycles. The summed E-state index contributed by atoms with van der Waals surface area (Å²) in [6.45, 7) is 0. The van der Waals surface area contributed by atoms with Crippen molar-refractivity contribution in [1.82, 2.24) is 4.98 Å². The van der Waals surface area contributed by atoms with Crippen LogP contribution in [0.25, 0.3) is 53.6 Å². The Morgan fingerprint density at radius 2 is 1.15 bits per heavy atom. The van der Waals surface area contributed by atoms with E-state index >= 15 is 0 Å². The van der Waals surface area contributed by atoms with Gasteiger partial charge in [0, 0.05) is 38.1 Å². The summed E-state index contributed by atoms with van der Waals surface area (Å²) in [4.78, 5) is 4.21. The number of rotatable bonds is 3. The van der Waals surface area contributed by atoms with Crippen LogP contribution in [-0.2, 0) is 0 Å². The fraction of sp³-hybridized carbons (Fsp3) is 0. The second-order valence-electron chi connectivity index (χ2n) is 8.04. The van der Waals surface area contributed by atoms with Crippen LogP contribution in [0.2, 0.25) is 0 Å². The molecule has 0 radical (unpaired) electrons. The van der Waals surface area contributed by atoms with Crippen LogP contribution >= 0.6 is 11.3 Å². The molecule has 0 N–H and O–H groups in total. The molecule has 0 saturated heterocycles. The van der Waals surface area contributed by atoms with E-state index in [2.05, 4.69) is 102 Å². The largest absolute Gasteiger partial charge is 0.263 e. The summed E-state index contributed by atoms with van der Waals surface area (Å²) in [6.07, 6.45) is 3.40.